The third kappa shape index (κ3) is 2.87. The highest BCUT2D eigenvalue weighted by atomic mass is 31.1. The zero-order valence-corrected chi connectivity index (χ0v) is 14.3. The normalized spacial score (nSPS) is 28.4. The van der Waals surface area contributed by atoms with Crippen molar-refractivity contribution in [1.29, 1.82) is 0 Å². The number of hydrogen-bond acceptors (Lipinski definition) is 2. The van der Waals surface area contributed by atoms with Gasteiger partial charge in [0.15, 0.2) is 0 Å². The monoisotopic (exact) mass is 340 g/mol. The minimum absolute atomic E-state index is 0.159. The molecule has 0 spiro atoms. The summed E-state index contributed by atoms with van der Waals surface area (Å²) >= 11 is 0. The van der Waals surface area contributed by atoms with E-state index in [4.69, 9.17) is 4.52 Å². The van der Waals surface area contributed by atoms with Gasteiger partial charge >= 0.3 is 5.97 Å². The van der Waals surface area contributed by atoms with Crippen LogP contribution in [0.5, 0.6) is 0 Å². The van der Waals surface area contributed by atoms with Crippen molar-refractivity contribution in [2.45, 2.75) is 25.4 Å². The zero-order valence-electron chi connectivity index (χ0n) is 13.4. The number of carboxylic acids is 1. The molecule has 2 fully saturated rings. The third-order valence-electron chi connectivity index (χ3n) is 5.33. The first-order valence-electron chi connectivity index (χ1n) is 8.54. The van der Waals surface area contributed by atoms with Gasteiger partial charge in [0.25, 0.3) is 0 Å². The van der Waals surface area contributed by atoms with Crippen LogP contribution in [0.25, 0.3) is 0 Å². The van der Waals surface area contributed by atoms with Gasteiger partial charge in [-0.15, -0.1) is 0 Å². The summed E-state index contributed by atoms with van der Waals surface area (Å²) in [5, 5.41) is 12.0. The molecular formula is C20H21O3P. The lowest BCUT2D eigenvalue weighted by molar-refractivity contribution is -0.146. The Hall–Kier alpha value is -1.70. The highest BCUT2D eigenvalue weighted by molar-refractivity contribution is 7.68. The molecule has 2 aromatic rings. The largest absolute Gasteiger partial charge is 0.481 e. The van der Waals surface area contributed by atoms with Crippen LogP contribution in [0, 0.1) is 17.8 Å². The van der Waals surface area contributed by atoms with Gasteiger partial charge in [-0.1, -0.05) is 60.7 Å². The highest BCUT2D eigenvalue weighted by Gasteiger charge is 2.52. The lowest BCUT2D eigenvalue weighted by Crippen LogP contribution is -2.36. The topological polar surface area (TPSA) is 46.5 Å². The van der Waals surface area contributed by atoms with Crippen molar-refractivity contribution in [1.82, 2.24) is 0 Å². The van der Waals surface area contributed by atoms with Crippen LogP contribution < -0.4 is 10.6 Å². The van der Waals surface area contributed by atoms with Crippen LogP contribution in [0.15, 0.2) is 60.7 Å². The molecule has 3 nitrogen and oxygen atoms in total. The predicted molar refractivity (Wildman–Crippen MR) is 95.9 cm³/mol. The first-order valence-corrected chi connectivity index (χ1v) is 9.80. The first kappa shape index (κ1) is 15.8. The van der Waals surface area contributed by atoms with Gasteiger partial charge in [0.2, 0.25) is 0 Å². The summed E-state index contributed by atoms with van der Waals surface area (Å²) < 4.78 is 6.58. The number of hydrogen-bond donors (Lipinski definition) is 1. The standard InChI is InChI=1S/C20H21O3P/c21-20(22)18-14-11-12-15(13-14)19(18)23-24(16-7-3-1-4-8-16)17-9-5-2-6-10-17/h1-10,14-15,18-19H,11-13H2,(H,21,22). The maximum atomic E-state index is 11.8. The van der Waals surface area contributed by atoms with Gasteiger partial charge in [0.1, 0.15) is 0 Å². The first-order chi connectivity index (χ1) is 11.7. The molecular weight excluding hydrogens is 319 g/mol. The molecule has 2 saturated carbocycles. The van der Waals surface area contributed by atoms with Gasteiger partial charge in [0, 0.05) is 10.6 Å². The number of carboxylic acid groups (broad SMARTS) is 1. The van der Waals surface area contributed by atoms with E-state index in [1.807, 2.05) is 36.4 Å². The fourth-order valence-electron chi connectivity index (χ4n) is 4.25. The molecule has 2 aliphatic carbocycles. The Morgan fingerprint density at radius 1 is 0.917 bits per heavy atom. The van der Waals surface area contributed by atoms with Crippen LogP contribution in [0.1, 0.15) is 19.3 Å². The van der Waals surface area contributed by atoms with E-state index in [0.717, 1.165) is 29.9 Å². The fourth-order valence-corrected chi connectivity index (χ4v) is 6.23. The minimum atomic E-state index is -0.988. The van der Waals surface area contributed by atoms with Crippen molar-refractivity contribution in [3.63, 3.8) is 0 Å². The molecule has 2 bridgehead atoms. The van der Waals surface area contributed by atoms with E-state index in [9.17, 15) is 9.90 Å². The van der Waals surface area contributed by atoms with Gasteiger partial charge in [-0.3, -0.25) is 4.79 Å². The summed E-state index contributed by atoms with van der Waals surface area (Å²) in [6.07, 6.45) is 2.99. The minimum Gasteiger partial charge on any atom is -0.481 e. The Kier molecular flexibility index (Phi) is 4.39. The molecule has 0 aromatic heterocycles. The lowest BCUT2D eigenvalue weighted by Gasteiger charge is -2.32. The Morgan fingerprint density at radius 2 is 1.46 bits per heavy atom. The molecule has 4 rings (SSSR count). The van der Waals surface area contributed by atoms with Gasteiger partial charge in [0.05, 0.1) is 20.2 Å². The summed E-state index contributed by atoms with van der Waals surface area (Å²) in [5.41, 5.74) is 0. The smallest absolute Gasteiger partial charge is 0.309 e. The van der Waals surface area contributed by atoms with Crippen LogP contribution in [-0.4, -0.2) is 17.2 Å². The van der Waals surface area contributed by atoms with Crippen molar-refractivity contribution >= 4 is 24.7 Å². The Balaban J connectivity index is 1.66. The van der Waals surface area contributed by atoms with E-state index in [0.29, 0.717) is 11.8 Å². The van der Waals surface area contributed by atoms with Crippen molar-refractivity contribution in [3.8, 4) is 0 Å². The molecule has 124 valence electrons. The van der Waals surface area contributed by atoms with Crippen LogP contribution in [0.2, 0.25) is 0 Å². The second-order valence-electron chi connectivity index (χ2n) is 6.73. The Bertz CT molecular complexity index is 664. The average molecular weight is 340 g/mol. The van der Waals surface area contributed by atoms with Gasteiger partial charge in [-0.25, -0.2) is 0 Å². The Morgan fingerprint density at radius 3 is 2.00 bits per heavy atom. The molecule has 0 heterocycles. The van der Waals surface area contributed by atoms with Gasteiger partial charge in [-0.05, 0) is 31.1 Å². The molecule has 24 heavy (non-hydrogen) atoms. The highest BCUT2D eigenvalue weighted by Crippen LogP contribution is 2.53. The number of rotatable bonds is 5. The maximum Gasteiger partial charge on any atom is 0.309 e. The number of fused-ring (bicyclic) bond motifs is 2. The molecule has 0 saturated heterocycles. The summed E-state index contributed by atoms with van der Waals surface area (Å²) in [5.74, 6) is -0.348. The van der Waals surface area contributed by atoms with Crippen LogP contribution in [0.3, 0.4) is 0 Å². The van der Waals surface area contributed by atoms with E-state index in [-0.39, 0.29) is 12.0 Å². The number of benzene rings is 2. The maximum absolute atomic E-state index is 11.8. The molecule has 4 unspecified atom stereocenters. The Labute approximate surface area is 143 Å². The summed E-state index contributed by atoms with van der Waals surface area (Å²) in [6.45, 7) is 0. The van der Waals surface area contributed by atoms with Crippen molar-refractivity contribution < 1.29 is 14.4 Å². The summed E-state index contributed by atoms with van der Waals surface area (Å²) in [7, 11) is -0.988. The summed E-state index contributed by atoms with van der Waals surface area (Å²) in [6, 6.07) is 20.4. The lowest BCUT2D eigenvalue weighted by atomic mass is 9.86. The molecule has 2 aliphatic rings. The second-order valence-corrected chi connectivity index (χ2v) is 8.57. The quantitative estimate of drug-likeness (QED) is 0.847. The van der Waals surface area contributed by atoms with Crippen molar-refractivity contribution in [2.24, 2.45) is 17.8 Å². The van der Waals surface area contributed by atoms with Crippen LogP contribution >= 0.6 is 8.15 Å². The van der Waals surface area contributed by atoms with Gasteiger partial charge in [-0.2, -0.15) is 0 Å². The second kappa shape index (κ2) is 6.66. The molecule has 0 radical (unpaired) electrons. The number of aliphatic carboxylic acids is 1. The SMILES string of the molecule is O=C(O)C1C2CCC(C2)C1OP(c1ccccc1)c1ccccc1. The van der Waals surface area contributed by atoms with E-state index in [1.165, 1.54) is 0 Å². The summed E-state index contributed by atoms with van der Waals surface area (Å²) in [4.78, 5) is 11.8. The van der Waals surface area contributed by atoms with E-state index < -0.39 is 14.1 Å². The van der Waals surface area contributed by atoms with Crippen molar-refractivity contribution in [3.05, 3.63) is 60.7 Å². The van der Waals surface area contributed by atoms with Crippen LogP contribution in [0.4, 0.5) is 0 Å². The molecule has 0 aliphatic heterocycles. The van der Waals surface area contributed by atoms with Gasteiger partial charge < -0.3 is 9.63 Å². The molecule has 1 N–H and O–H groups in total. The van der Waals surface area contributed by atoms with Crippen LogP contribution in [-0.2, 0) is 9.32 Å². The van der Waals surface area contributed by atoms with Crippen molar-refractivity contribution in [2.75, 3.05) is 0 Å². The molecule has 2 aromatic carbocycles. The number of carbonyl (C=O) groups is 1. The van der Waals surface area contributed by atoms with E-state index >= 15 is 0 Å². The fraction of sp³-hybridized carbons (Fsp3) is 0.350. The van der Waals surface area contributed by atoms with E-state index in [1.54, 1.807) is 0 Å². The third-order valence-corrected chi connectivity index (χ3v) is 7.32. The molecule has 4 atom stereocenters. The average Bonchev–Trinajstić information content (AvgIpc) is 3.22. The zero-order chi connectivity index (χ0) is 16.5. The van der Waals surface area contributed by atoms with E-state index in [2.05, 4.69) is 24.3 Å². The molecule has 4 heteroatoms. The molecule has 0 amide bonds. The predicted octanol–water partition coefficient (Wildman–Crippen LogP) is 3.55.